The number of hydrogen-bond acceptors (Lipinski definition) is 3. The number of aromatic nitrogens is 1. The normalized spacial score (nSPS) is 10.4. The van der Waals surface area contributed by atoms with Crippen molar-refractivity contribution in [1.82, 2.24) is 4.57 Å². The Kier molecular flexibility index (Phi) is 3.13. The standard InChI is InChI=1S/C16H13NO3/c1-19-14-10-6-5-9-13(14)17-11-15(20-16(17)18)12-7-3-2-4-8-12/h2-11H,1H3. The molecule has 0 radical (unpaired) electrons. The summed E-state index contributed by atoms with van der Waals surface area (Å²) < 4.78 is 12.0. The number of rotatable bonds is 3. The Balaban J connectivity index is 2.13. The lowest BCUT2D eigenvalue weighted by Crippen LogP contribution is -2.11. The third-order valence-corrected chi connectivity index (χ3v) is 3.04. The lowest BCUT2D eigenvalue weighted by molar-refractivity contribution is 0.411. The van der Waals surface area contributed by atoms with E-state index >= 15 is 0 Å². The maximum atomic E-state index is 12.0. The van der Waals surface area contributed by atoms with Gasteiger partial charge >= 0.3 is 5.76 Å². The van der Waals surface area contributed by atoms with Gasteiger partial charge in [0.1, 0.15) is 5.75 Å². The Morgan fingerprint density at radius 3 is 2.45 bits per heavy atom. The second-order valence-corrected chi connectivity index (χ2v) is 4.27. The summed E-state index contributed by atoms with van der Waals surface area (Å²) in [6.45, 7) is 0. The fraction of sp³-hybridized carbons (Fsp3) is 0.0625. The van der Waals surface area contributed by atoms with Gasteiger partial charge in [-0.05, 0) is 12.1 Å². The average molecular weight is 267 g/mol. The predicted molar refractivity (Wildman–Crippen MR) is 76.3 cm³/mol. The van der Waals surface area contributed by atoms with E-state index in [1.54, 1.807) is 19.4 Å². The van der Waals surface area contributed by atoms with Crippen LogP contribution in [0.1, 0.15) is 0 Å². The van der Waals surface area contributed by atoms with Gasteiger partial charge in [-0.25, -0.2) is 9.36 Å². The maximum Gasteiger partial charge on any atom is 0.424 e. The van der Waals surface area contributed by atoms with Gasteiger partial charge in [-0.2, -0.15) is 0 Å². The van der Waals surface area contributed by atoms with Crippen molar-refractivity contribution in [3.8, 4) is 22.8 Å². The molecule has 1 heterocycles. The van der Waals surface area contributed by atoms with Crippen molar-refractivity contribution >= 4 is 0 Å². The van der Waals surface area contributed by atoms with Crippen molar-refractivity contribution in [1.29, 1.82) is 0 Å². The lowest BCUT2D eigenvalue weighted by Gasteiger charge is -2.06. The second kappa shape index (κ2) is 5.09. The molecule has 1 aromatic heterocycles. The van der Waals surface area contributed by atoms with Gasteiger partial charge in [0.2, 0.25) is 0 Å². The highest BCUT2D eigenvalue weighted by molar-refractivity contribution is 5.57. The van der Waals surface area contributed by atoms with Crippen LogP contribution in [-0.2, 0) is 0 Å². The van der Waals surface area contributed by atoms with Gasteiger partial charge in [-0.15, -0.1) is 0 Å². The molecule has 0 unspecified atom stereocenters. The first-order chi connectivity index (χ1) is 9.79. The lowest BCUT2D eigenvalue weighted by atomic mass is 10.2. The molecule has 0 aliphatic carbocycles. The van der Waals surface area contributed by atoms with Crippen LogP contribution in [-0.4, -0.2) is 11.7 Å². The number of methoxy groups -OCH3 is 1. The van der Waals surface area contributed by atoms with E-state index in [2.05, 4.69) is 0 Å². The van der Waals surface area contributed by atoms with Crippen LogP contribution in [0.15, 0.2) is 70.0 Å². The first-order valence-electron chi connectivity index (χ1n) is 6.21. The molecule has 0 atom stereocenters. The van der Waals surface area contributed by atoms with Gasteiger partial charge < -0.3 is 9.15 Å². The van der Waals surface area contributed by atoms with Gasteiger partial charge in [0, 0.05) is 5.56 Å². The predicted octanol–water partition coefficient (Wildman–Crippen LogP) is 3.11. The van der Waals surface area contributed by atoms with Crippen molar-refractivity contribution in [2.45, 2.75) is 0 Å². The molecule has 3 aromatic rings. The van der Waals surface area contributed by atoms with Crippen molar-refractivity contribution in [3.05, 3.63) is 71.3 Å². The third kappa shape index (κ3) is 2.12. The zero-order valence-electron chi connectivity index (χ0n) is 10.9. The Morgan fingerprint density at radius 1 is 1.00 bits per heavy atom. The smallest absolute Gasteiger partial charge is 0.424 e. The van der Waals surface area contributed by atoms with Gasteiger partial charge in [0.25, 0.3) is 0 Å². The second-order valence-electron chi connectivity index (χ2n) is 4.27. The van der Waals surface area contributed by atoms with Crippen molar-refractivity contribution in [2.75, 3.05) is 7.11 Å². The van der Waals surface area contributed by atoms with E-state index < -0.39 is 5.76 Å². The summed E-state index contributed by atoms with van der Waals surface area (Å²) in [6.07, 6.45) is 1.68. The summed E-state index contributed by atoms with van der Waals surface area (Å²) in [5, 5.41) is 0. The molecule has 0 spiro atoms. The van der Waals surface area contributed by atoms with E-state index in [4.69, 9.17) is 9.15 Å². The Morgan fingerprint density at radius 2 is 1.70 bits per heavy atom. The van der Waals surface area contributed by atoms with E-state index in [1.165, 1.54) is 4.57 Å². The molecule has 0 aliphatic rings. The number of hydrogen-bond donors (Lipinski definition) is 0. The quantitative estimate of drug-likeness (QED) is 0.732. The Hall–Kier alpha value is -2.75. The Labute approximate surface area is 115 Å². The van der Waals surface area contributed by atoms with Crippen LogP contribution < -0.4 is 10.5 Å². The van der Waals surface area contributed by atoms with Crippen LogP contribution in [0, 0.1) is 0 Å². The van der Waals surface area contributed by atoms with Crippen molar-refractivity contribution < 1.29 is 9.15 Å². The molecule has 0 saturated carbocycles. The molecule has 4 heteroatoms. The minimum Gasteiger partial charge on any atom is -0.495 e. The number of oxazole rings is 1. The van der Waals surface area contributed by atoms with Crippen molar-refractivity contribution in [3.63, 3.8) is 0 Å². The summed E-state index contributed by atoms with van der Waals surface area (Å²) >= 11 is 0. The van der Waals surface area contributed by atoms with E-state index in [-0.39, 0.29) is 0 Å². The molecule has 100 valence electrons. The molecule has 20 heavy (non-hydrogen) atoms. The highest BCUT2D eigenvalue weighted by Gasteiger charge is 2.12. The zero-order valence-corrected chi connectivity index (χ0v) is 10.9. The molecule has 4 nitrogen and oxygen atoms in total. The minimum absolute atomic E-state index is 0.437. The zero-order chi connectivity index (χ0) is 13.9. The maximum absolute atomic E-state index is 12.0. The molecule has 0 N–H and O–H groups in total. The van der Waals surface area contributed by atoms with Crippen LogP contribution in [0.2, 0.25) is 0 Å². The summed E-state index contributed by atoms with van der Waals surface area (Å²) in [5.74, 6) is 0.713. The number of ether oxygens (including phenoxy) is 1. The first kappa shape index (κ1) is 12.3. The summed E-state index contributed by atoms with van der Waals surface area (Å²) in [5.41, 5.74) is 1.52. The highest BCUT2D eigenvalue weighted by atomic mass is 16.5. The number of nitrogens with zero attached hydrogens (tertiary/aromatic N) is 1. The Bertz CT molecular complexity index is 772. The summed E-state index contributed by atoms with van der Waals surface area (Å²) in [4.78, 5) is 12.0. The van der Waals surface area contributed by atoms with Crippen LogP contribution in [0.3, 0.4) is 0 Å². The van der Waals surface area contributed by atoms with Gasteiger partial charge in [0.15, 0.2) is 5.76 Å². The van der Waals surface area contributed by atoms with E-state index in [0.717, 1.165) is 5.56 Å². The average Bonchev–Trinajstić information content (AvgIpc) is 2.90. The fourth-order valence-electron chi connectivity index (χ4n) is 2.07. The molecule has 0 saturated heterocycles. The number of benzene rings is 2. The molecule has 0 amide bonds. The van der Waals surface area contributed by atoms with Crippen LogP contribution in [0.5, 0.6) is 5.75 Å². The van der Waals surface area contributed by atoms with E-state index in [9.17, 15) is 4.79 Å². The fourth-order valence-corrected chi connectivity index (χ4v) is 2.07. The molecule has 3 rings (SSSR count). The van der Waals surface area contributed by atoms with Gasteiger partial charge in [0.05, 0.1) is 19.0 Å². The van der Waals surface area contributed by atoms with Crippen LogP contribution in [0.25, 0.3) is 17.0 Å². The molecule has 2 aromatic carbocycles. The largest absolute Gasteiger partial charge is 0.495 e. The SMILES string of the molecule is COc1ccccc1-n1cc(-c2ccccc2)oc1=O. The van der Waals surface area contributed by atoms with Gasteiger partial charge in [-0.3, -0.25) is 0 Å². The molecule has 0 fully saturated rings. The van der Waals surface area contributed by atoms with Crippen LogP contribution in [0.4, 0.5) is 0 Å². The third-order valence-electron chi connectivity index (χ3n) is 3.04. The van der Waals surface area contributed by atoms with Gasteiger partial charge in [-0.1, -0.05) is 42.5 Å². The summed E-state index contributed by atoms with van der Waals surface area (Å²) in [7, 11) is 1.57. The summed E-state index contributed by atoms with van der Waals surface area (Å²) in [6, 6.07) is 16.8. The van der Waals surface area contributed by atoms with E-state index in [0.29, 0.717) is 17.2 Å². The first-order valence-corrected chi connectivity index (χ1v) is 6.21. The topological polar surface area (TPSA) is 44.4 Å². The minimum atomic E-state index is -0.437. The van der Waals surface area contributed by atoms with Crippen LogP contribution >= 0.6 is 0 Å². The molecule has 0 bridgehead atoms. The molecule has 0 aliphatic heterocycles. The monoisotopic (exact) mass is 267 g/mol. The molecular formula is C16H13NO3. The van der Waals surface area contributed by atoms with E-state index in [1.807, 2.05) is 48.5 Å². The molecular weight excluding hydrogens is 254 g/mol. The highest BCUT2D eigenvalue weighted by Crippen LogP contribution is 2.24. The van der Waals surface area contributed by atoms with Crippen molar-refractivity contribution in [2.24, 2.45) is 0 Å². The number of para-hydroxylation sites is 2.